The van der Waals surface area contributed by atoms with E-state index >= 15 is 0 Å². The molecule has 0 spiro atoms. The lowest BCUT2D eigenvalue weighted by atomic mass is 10.3. The maximum atomic E-state index is 11.6. The molecule has 2 heterocycles. The number of pyridine rings is 1. The van der Waals surface area contributed by atoms with Crippen molar-refractivity contribution in [1.29, 1.82) is 5.41 Å². The fraction of sp³-hybridized carbons (Fsp3) is 0.200. The highest BCUT2D eigenvalue weighted by Crippen LogP contribution is 2.04. The van der Waals surface area contributed by atoms with Gasteiger partial charge in [0, 0.05) is 6.20 Å². The molecule has 0 atom stereocenters. The topological polar surface area (TPSA) is 91.7 Å². The molecule has 2 N–H and O–H groups in total. The predicted molar refractivity (Wildman–Crippen MR) is 58.6 cm³/mol. The number of nitrogens with zero attached hydrogens (tertiary/aromatic N) is 2. The summed E-state index contributed by atoms with van der Waals surface area (Å²) < 4.78 is 4.96. The average Bonchev–Trinajstić information content (AvgIpc) is 2.29. The van der Waals surface area contributed by atoms with E-state index in [1.54, 1.807) is 13.0 Å². The lowest BCUT2D eigenvalue weighted by molar-refractivity contribution is 0.323. The Bertz CT molecular complexity index is 591. The summed E-state index contributed by atoms with van der Waals surface area (Å²) in [5, 5.41) is 7.97. The van der Waals surface area contributed by atoms with E-state index in [9.17, 15) is 4.79 Å². The molecule has 0 saturated heterocycles. The third kappa shape index (κ3) is 1.77. The van der Waals surface area contributed by atoms with Crippen LogP contribution in [0.4, 0.5) is 0 Å². The second-order valence-electron chi connectivity index (χ2n) is 3.07. The number of fused-ring (bicyclic) bond motifs is 1. The first-order valence-corrected chi connectivity index (χ1v) is 4.78. The Morgan fingerprint density at radius 2 is 2.44 bits per heavy atom. The predicted octanol–water partition coefficient (Wildman–Crippen LogP) is 0.680. The molecule has 0 saturated carbocycles. The highest BCUT2D eigenvalue weighted by atomic mass is 16.5. The molecular formula is C10H10N4O2. The maximum absolute atomic E-state index is 11.6. The van der Waals surface area contributed by atoms with Gasteiger partial charge in [-0.1, -0.05) is 0 Å². The van der Waals surface area contributed by atoms with Gasteiger partial charge in [-0.3, -0.25) is 15.2 Å². The van der Waals surface area contributed by atoms with Gasteiger partial charge in [-0.25, -0.2) is 4.98 Å². The molecule has 0 fully saturated rings. The van der Waals surface area contributed by atoms with Crippen molar-refractivity contribution < 1.29 is 4.74 Å². The van der Waals surface area contributed by atoms with Gasteiger partial charge in [-0.15, -0.1) is 0 Å². The number of hydrogen-bond acceptors (Lipinski definition) is 5. The molecule has 0 amide bonds. The quantitative estimate of drug-likeness (QED) is 0.572. The molecule has 6 nitrogen and oxygen atoms in total. The van der Waals surface area contributed by atoms with Gasteiger partial charge in [0.2, 0.25) is 5.90 Å². The summed E-state index contributed by atoms with van der Waals surface area (Å²) in [5.41, 5.74) is 0.151. The zero-order valence-electron chi connectivity index (χ0n) is 8.65. The van der Waals surface area contributed by atoms with Crippen LogP contribution < -0.4 is 5.56 Å². The smallest absolute Gasteiger partial charge is 0.259 e. The molecule has 16 heavy (non-hydrogen) atoms. The van der Waals surface area contributed by atoms with E-state index in [0.717, 1.165) is 0 Å². The van der Waals surface area contributed by atoms with Crippen molar-refractivity contribution in [2.75, 3.05) is 6.61 Å². The van der Waals surface area contributed by atoms with Crippen LogP contribution >= 0.6 is 0 Å². The van der Waals surface area contributed by atoms with Gasteiger partial charge in [0.1, 0.15) is 0 Å². The molecule has 0 bridgehead atoms. The van der Waals surface area contributed by atoms with Gasteiger partial charge in [0.15, 0.2) is 5.82 Å². The lowest BCUT2D eigenvalue weighted by Gasteiger charge is -2.04. The molecule has 2 aromatic heterocycles. The monoisotopic (exact) mass is 218 g/mol. The first kappa shape index (κ1) is 10.3. The Kier molecular flexibility index (Phi) is 2.63. The maximum Gasteiger partial charge on any atom is 0.259 e. The molecule has 2 rings (SSSR count). The molecule has 2 aromatic rings. The van der Waals surface area contributed by atoms with Crippen LogP contribution in [-0.2, 0) is 4.74 Å². The van der Waals surface area contributed by atoms with Crippen molar-refractivity contribution in [1.82, 2.24) is 15.0 Å². The fourth-order valence-electron chi connectivity index (χ4n) is 1.31. The van der Waals surface area contributed by atoms with E-state index in [1.807, 2.05) is 0 Å². The Hall–Kier alpha value is -2.24. The summed E-state index contributed by atoms with van der Waals surface area (Å²) in [6, 6.07) is 1.58. The minimum absolute atomic E-state index is 0.118. The summed E-state index contributed by atoms with van der Waals surface area (Å²) in [7, 11) is 0. The summed E-state index contributed by atoms with van der Waals surface area (Å²) in [5.74, 6) is -0.0299. The molecule has 0 radical (unpaired) electrons. The second kappa shape index (κ2) is 4.09. The van der Waals surface area contributed by atoms with Crippen LogP contribution in [0.2, 0.25) is 0 Å². The van der Waals surface area contributed by atoms with Crippen molar-refractivity contribution in [2.24, 2.45) is 0 Å². The fourth-order valence-corrected chi connectivity index (χ4v) is 1.31. The van der Waals surface area contributed by atoms with E-state index in [0.29, 0.717) is 17.5 Å². The van der Waals surface area contributed by atoms with E-state index in [4.69, 9.17) is 10.1 Å². The third-order valence-electron chi connectivity index (χ3n) is 2.01. The highest BCUT2D eigenvalue weighted by Gasteiger charge is 2.08. The van der Waals surface area contributed by atoms with Crippen LogP contribution in [0.25, 0.3) is 10.9 Å². The molecule has 0 aromatic carbocycles. The van der Waals surface area contributed by atoms with Crippen LogP contribution in [-0.4, -0.2) is 27.5 Å². The van der Waals surface area contributed by atoms with Gasteiger partial charge in [-0.05, 0) is 13.0 Å². The first-order chi connectivity index (χ1) is 7.72. The molecular weight excluding hydrogens is 208 g/mol. The Balaban J connectivity index is 2.58. The second-order valence-corrected chi connectivity index (χ2v) is 3.07. The van der Waals surface area contributed by atoms with Crippen LogP contribution in [0.5, 0.6) is 0 Å². The van der Waals surface area contributed by atoms with Gasteiger partial charge < -0.3 is 9.72 Å². The standard InChI is InChI=1S/C10H10N4O2/c1-2-16-8(11)9-13-7-5-12-4-3-6(7)10(15)14-9/h3-5,11H,2H2,1H3,(H,13,14,15). The number of aromatic nitrogens is 3. The van der Waals surface area contributed by atoms with Gasteiger partial charge >= 0.3 is 0 Å². The first-order valence-electron chi connectivity index (χ1n) is 4.78. The largest absolute Gasteiger partial charge is 0.476 e. The van der Waals surface area contributed by atoms with Gasteiger partial charge in [0.05, 0.1) is 23.7 Å². The van der Waals surface area contributed by atoms with Crippen molar-refractivity contribution >= 4 is 16.8 Å². The average molecular weight is 218 g/mol. The summed E-state index contributed by atoms with van der Waals surface area (Å²) >= 11 is 0. The van der Waals surface area contributed by atoms with Crippen LogP contribution in [0.15, 0.2) is 23.3 Å². The zero-order valence-corrected chi connectivity index (χ0v) is 8.65. The van der Waals surface area contributed by atoms with Crippen LogP contribution in [0.3, 0.4) is 0 Å². The van der Waals surface area contributed by atoms with E-state index < -0.39 is 0 Å². The van der Waals surface area contributed by atoms with Gasteiger partial charge in [0.25, 0.3) is 5.56 Å². The molecule has 82 valence electrons. The normalized spacial score (nSPS) is 10.3. The highest BCUT2D eigenvalue weighted by molar-refractivity contribution is 5.90. The number of aromatic amines is 1. The number of H-pyrrole nitrogens is 1. The molecule has 0 aliphatic rings. The minimum Gasteiger partial charge on any atom is -0.476 e. The SMILES string of the molecule is CCOC(=N)c1nc2cnccc2c(=O)[nH]1. The Morgan fingerprint density at radius 1 is 1.62 bits per heavy atom. The summed E-state index contributed by atoms with van der Waals surface area (Å²) in [6.07, 6.45) is 3.00. The van der Waals surface area contributed by atoms with E-state index in [2.05, 4.69) is 15.0 Å². The molecule has 0 unspecified atom stereocenters. The van der Waals surface area contributed by atoms with Crippen molar-refractivity contribution in [3.63, 3.8) is 0 Å². The molecule has 6 heteroatoms. The minimum atomic E-state index is -0.299. The van der Waals surface area contributed by atoms with Gasteiger partial charge in [-0.2, -0.15) is 0 Å². The zero-order chi connectivity index (χ0) is 11.5. The number of ether oxygens (including phenoxy) is 1. The Labute approximate surface area is 90.8 Å². The molecule has 0 aliphatic heterocycles. The van der Waals surface area contributed by atoms with Crippen LogP contribution in [0, 0.1) is 5.41 Å². The van der Waals surface area contributed by atoms with Crippen molar-refractivity contribution in [3.8, 4) is 0 Å². The van der Waals surface area contributed by atoms with Crippen molar-refractivity contribution in [2.45, 2.75) is 6.92 Å². The lowest BCUT2D eigenvalue weighted by Crippen LogP contribution is -2.17. The molecule has 0 aliphatic carbocycles. The van der Waals surface area contributed by atoms with Crippen molar-refractivity contribution in [3.05, 3.63) is 34.6 Å². The summed E-state index contributed by atoms with van der Waals surface area (Å²) in [6.45, 7) is 2.11. The number of hydrogen-bond donors (Lipinski definition) is 2. The third-order valence-corrected chi connectivity index (χ3v) is 2.01. The Morgan fingerprint density at radius 3 is 3.19 bits per heavy atom. The number of nitrogens with one attached hydrogen (secondary N) is 2. The van der Waals surface area contributed by atoms with E-state index in [1.165, 1.54) is 12.4 Å². The van der Waals surface area contributed by atoms with Crippen LogP contribution in [0.1, 0.15) is 12.7 Å². The summed E-state index contributed by atoms with van der Waals surface area (Å²) in [4.78, 5) is 22.1. The van der Waals surface area contributed by atoms with E-state index in [-0.39, 0.29) is 17.3 Å². The number of rotatable bonds is 2.